The third-order valence-electron chi connectivity index (χ3n) is 5.73. The molecule has 4 rings (SSSR count). The van der Waals surface area contributed by atoms with Crippen molar-refractivity contribution in [3.63, 3.8) is 0 Å². The lowest BCUT2D eigenvalue weighted by Crippen LogP contribution is -2.36. The summed E-state index contributed by atoms with van der Waals surface area (Å²) in [5.74, 6) is -0.499. The Bertz CT molecular complexity index is 1410. The summed E-state index contributed by atoms with van der Waals surface area (Å²) in [7, 11) is 1.48. The molecule has 0 radical (unpaired) electrons. The number of thioether (sulfide) groups is 1. The first-order valence-electron chi connectivity index (χ1n) is 11.4. The van der Waals surface area contributed by atoms with Crippen LogP contribution in [0.3, 0.4) is 0 Å². The first kappa shape index (κ1) is 26.0. The molecular formula is C28H25FN2O5S. The zero-order chi connectivity index (χ0) is 26.5. The number of aryl methyl sites for hydroxylation is 2. The normalized spacial score (nSPS) is 14.3. The highest BCUT2D eigenvalue weighted by molar-refractivity contribution is 8.18. The summed E-state index contributed by atoms with van der Waals surface area (Å²) >= 11 is 0.767. The van der Waals surface area contributed by atoms with Crippen LogP contribution in [0.25, 0.3) is 6.08 Å². The van der Waals surface area contributed by atoms with Crippen molar-refractivity contribution in [2.24, 2.45) is 0 Å². The minimum absolute atomic E-state index is 0.149. The molecule has 1 heterocycles. The molecule has 0 unspecified atom stereocenters. The lowest BCUT2D eigenvalue weighted by molar-refractivity contribution is -0.127. The van der Waals surface area contributed by atoms with Crippen LogP contribution in [0, 0.1) is 19.7 Å². The van der Waals surface area contributed by atoms with Gasteiger partial charge in [-0.25, -0.2) is 4.39 Å². The van der Waals surface area contributed by atoms with Gasteiger partial charge in [0.25, 0.3) is 11.1 Å². The summed E-state index contributed by atoms with van der Waals surface area (Å²) in [5.41, 5.74) is 3.99. The number of methoxy groups -OCH3 is 1. The van der Waals surface area contributed by atoms with Gasteiger partial charge in [0.1, 0.15) is 19.0 Å². The number of anilines is 1. The molecule has 3 aromatic rings. The summed E-state index contributed by atoms with van der Waals surface area (Å²) in [6.45, 7) is 3.67. The lowest BCUT2D eigenvalue weighted by Gasteiger charge is -2.13. The molecule has 1 fully saturated rings. The van der Waals surface area contributed by atoms with E-state index >= 15 is 0 Å². The van der Waals surface area contributed by atoms with Crippen molar-refractivity contribution in [3.05, 3.63) is 93.6 Å². The topological polar surface area (TPSA) is 84.9 Å². The fourth-order valence-electron chi connectivity index (χ4n) is 3.63. The van der Waals surface area contributed by atoms with Gasteiger partial charge in [0.2, 0.25) is 5.91 Å². The average molecular weight is 521 g/mol. The monoisotopic (exact) mass is 520 g/mol. The number of imide groups is 1. The number of carbonyl (C=O) groups is 3. The van der Waals surface area contributed by atoms with Crippen LogP contribution < -0.4 is 14.8 Å². The zero-order valence-corrected chi connectivity index (χ0v) is 21.4. The van der Waals surface area contributed by atoms with Crippen LogP contribution in [-0.4, -0.2) is 35.6 Å². The molecule has 37 heavy (non-hydrogen) atoms. The van der Waals surface area contributed by atoms with Gasteiger partial charge in [-0.05, 0) is 90.3 Å². The number of carbonyl (C=O) groups excluding carboxylic acids is 3. The molecule has 0 atom stereocenters. The molecule has 0 bridgehead atoms. The maximum absolute atomic E-state index is 13.4. The molecule has 1 saturated heterocycles. The van der Waals surface area contributed by atoms with Crippen molar-refractivity contribution in [1.29, 1.82) is 0 Å². The SMILES string of the molecule is COc1cc(/C=C2/SC(=O)N(CC(=O)Nc3ccc(C)c(C)c3)C2=O)ccc1OCc1cccc(F)c1. The van der Waals surface area contributed by atoms with E-state index in [0.717, 1.165) is 27.8 Å². The Morgan fingerprint density at radius 3 is 2.57 bits per heavy atom. The van der Waals surface area contributed by atoms with Gasteiger partial charge in [0, 0.05) is 5.69 Å². The number of halogens is 1. The van der Waals surface area contributed by atoms with Crippen molar-refractivity contribution < 1.29 is 28.2 Å². The van der Waals surface area contributed by atoms with E-state index in [2.05, 4.69) is 5.32 Å². The van der Waals surface area contributed by atoms with Crippen LogP contribution in [0.15, 0.2) is 65.6 Å². The van der Waals surface area contributed by atoms with Gasteiger partial charge in [-0.1, -0.05) is 24.3 Å². The second-order valence-electron chi connectivity index (χ2n) is 8.44. The molecule has 1 aliphatic rings. The maximum Gasteiger partial charge on any atom is 0.294 e. The third kappa shape index (κ3) is 6.37. The molecule has 0 saturated carbocycles. The van der Waals surface area contributed by atoms with Gasteiger partial charge in [0.05, 0.1) is 12.0 Å². The van der Waals surface area contributed by atoms with Gasteiger partial charge in [-0.2, -0.15) is 0 Å². The number of amides is 3. The van der Waals surface area contributed by atoms with Crippen molar-refractivity contribution in [3.8, 4) is 11.5 Å². The van der Waals surface area contributed by atoms with E-state index in [1.165, 1.54) is 19.2 Å². The van der Waals surface area contributed by atoms with E-state index in [4.69, 9.17) is 9.47 Å². The number of rotatable bonds is 8. The van der Waals surface area contributed by atoms with E-state index in [-0.39, 0.29) is 23.9 Å². The van der Waals surface area contributed by atoms with E-state index in [1.807, 2.05) is 26.0 Å². The van der Waals surface area contributed by atoms with Crippen molar-refractivity contribution in [1.82, 2.24) is 4.90 Å². The van der Waals surface area contributed by atoms with Crippen LogP contribution in [0.2, 0.25) is 0 Å². The van der Waals surface area contributed by atoms with E-state index in [0.29, 0.717) is 28.3 Å². The van der Waals surface area contributed by atoms with Crippen LogP contribution >= 0.6 is 11.8 Å². The zero-order valence-electron chi connectivity index (χ0n) is 20.5. The standard InChI is InChI=1S/C28H25FN2O5S/c1-17-7-9-22(11-18(17)2)30-26(32)15-31-27(33)25(37-28(31)34)14-19-8-10-23(24(13-19)35-3)36-16-20-5-4-6-21(29)12-20/h4-14H,15-16H2,1-3H3,(H,30,32)/b25-14+. The van der Waals surface area contributed by atoms with E-state index in [9.17, 15) is 18.8 Å². The minimum atomic E-state index is -0.546. The molecule has 9 heteroatoms. The Morgan fingerprint density at radius 1 is 1.03 bits per heavy atom. The number of nitrogens with one attached hydrogen (secondary N) is 1. The highest BCUT2D eigenvalue weighted by atomic mass is 32.2. The maximum atomic E-state index is 13.4. The molecular weight excluding hydrogens is 495 g/mol. The Morgan fingerprint density at radius 2 is 1.84 bits per heavy atom. The molecule has 1 N–H and O–H groups in total. The van der Waals surface area contributed by atoms with Crippen LogP contribution in [0.1, 0.15) is 22.3 Å². The summed E-state index contributed by atoms with van der Waals surface area (Å²) in [4.78, 5) is 38.9. The summed E-state index contributed by atoms with van der Waals surface area (Å²) in [6.07, 6.45) is 1.56. The molecule has 190 valence electrons. The molecule has 1 aliphatic heterocycles. The molecule has 0 spiro atoms. The molecule has 0 aromatic heterocycles. The number of benzene rings is 3. The Kier molecular flexibility index (Phi) is 7.93. The molecule has 3 amide bonds. The quantitative estimate of drug-likeness (QED) is 0.383. The van der Waals surface area contributed by atoms with E-state index < -0.39 is 17.1 Å². The smallest absolute Gasteiger partial charge is 0.294 e. The van der Waals surface area contributed by atoms with Crippen LogP contribution in [0.5, 0.6) is 11.5 Å². The lowest BCUT2D eigenvalue weighted by atomic mass is 10.1. The fourth-order valence-corrected chi connectivity index (χ4v) is 4.47. The number of nitrogens with zero attached hydrogens (tertiary/aromatic N) is 1. The van der Waals surface area contributed by atoms with Crippen molar-refractivity contribution in [2.45, 2.75) is 20.5 Å². The van der Waals surface area contributed by atoms with Gasteiger partial charge in [0.15, 0.2) is 11.5 Å². The first-order valence-corrected chi connectivity index (χ1v) is 12.2. The number of hydrogen-bond donors (Lipinski definition) is 1. The fraction of sp³-hybridized carbons (Fsp3) is 0.179. The largest absolute Gasteiger partial charge is 0.493 e. The van der Waals surface area contributed by atoms with E-state index in [1.54, 1.807) is 42.5 Å². The molecule has 3 aromatic carbocycles. The minimum Gasteiger partial charge on any atom is -0.493 e. The average Bonchev–Trinajstić information content (AvgIpc) is 3.12. The third-order valence-corrected chi connectivity index (χ3v) is 6.64. The summed E-state index contributed by atoms with van der Waals surface area (Å²) in [6, 6.07) is 16.6. The van der Waals surface area contributed by atoms with Gasteiger partial charge < -0.3 is 14.8 Å². The number of hydrogen-bond acceptors (Lipinski definition) is 6. The van der Waals surface area contributed by atoms with Crippen molar-refractivity contribution in [2.75, 3.05) is 19.0 Å². The molecule has 0 aliphatic carbocycles. The van der Waals surface area contributed by atoms with Gasteiger partial charge in [-0.15, -0.1) is 0 Å². The highest BCUT2D eigenvalue weighted by Crippen LogP contribution is 2.34. The van der Waals surface area contributed by atoms with Crippen LogP contribution in [-0.2, 0) is 16.2 Å². The highest BCUT2D eigenvalue weighted by Gasteiger charge is 2.36. The molecule has 7 nitrogen and oxygen atoms in total. The first-order chi connectivity index (χ1) is 17.7. The Labute approximate surface area is 218 Å². The Hall–Kier alpha value is -4.11. The Balaban J connectivity index is 1.42. The summed E-state index contributed by atoms with van der Waals surface area (Å²) < 4.78 is 24.6. The van der Waals surface area contributed by atoms with Crippen molar-refractivity contribution >= 4 is 40.6 Å². The summed E-state index contributed by atoms with van der Waals surface area (Å²) in [5, 5.41) is 2.21. The van der Waals surface area contributed by atoms with Gasteiger partial charge in [-0.3, -0.25) is 19.3 Å². The van der Waals surface area contributed by atoms with Crippen LogP contribution in [0.4, 0.5) is 14.9 Å². The predicted molar refractivity (Wildman–Crippen MR) is 141 cm³/mol. The predicted octanol–water partition coefficient (Wildman–Crippen LogP) is 5.71. The second-order valence-corrected chi connectivity index (χ2v) is 9.44. The number of ether oxygens (including phenoxy) is 2. The second kappa shape index (κ2) is 11.3. The van der Waals surface area contributed by atoms with Gasteiger partial charge >= 0.3 is 0 Å².